The summed E-state index contributed by atoms with van der Waals surface area (Å²) in [4.78, 5) is 27.8. The molecular formula is C25H33N3O4. The highest BCUT2D eigenvalue weighted by Gasteiger charge is 2.30. The first-order chi connectivity index (χ1) is 14.9. The van der Waals surface area contributed by atoms with Gasteiger partial charge in [-0.15, -0.1) is 0 Å². The molecule has 1 fully saturated rings. The largest absolute Gasteiger partial charge is 0.444 e. The summed E-state index contributed by atoms with van der Waals surface area (Å²) in [6.45, 7) is 11.7. The molecule has 2 aromatic rings. The Morgan fingerprint density at radius 1 is 1.09 bits per heavy atom. The summed E-state index contributed by atoms with van der Waals surface area (Å²) in [5.41, 5.74) is 0.351. The molecule has 0 atom stereocenters. The number of amides is 1. The molecule has 1 aliphatic rings. The van der Waals surface area contributed by atoms with Crippen molar-refractivity contribution in [3.05, 3.63) is 35.5 Å². The van der Waals surface area contributed by atoms with Crippen LogP contribution in [0.1, 0.15) is 72.1 Å². The highest BCUT2D eigenvalue weighted by molar-refractivity contribution is 5.92. The third-order valence-electron chi connectivity index (χ3n) is 5.29. The van der Waals surface area contributed by atoms with Crippen molar-refractivity contribution in [2.75, 3.05) is 6.54 Å². The van der Waals surface area contributed by atoms with Crippen molar-refractivity contribution in [1.82, 2.24) is 9.47 Å². The number of hydrogen-bond acceptors (Lipinski definition) is 5. The Balaban J connectivity index is 2.02. The van der Waals surface area contributed by atoms with Gasteiger partial charge < -0.3 is 14.4 Å². The standard InChI is InChI=1S/C25H33N3O4/c1-24(2,3)31-22(29)27(15-17-8-7-9-17)16-20-13-19-11-10-18(14-26)12-21(19)28(20)23(30)32-25(4,5)6/h10-13,17H,7-9,15-16H2,1-6H3. The van der Waals surface area contributed by atoms with Crippen molar-refractivity contribution in [2.45, 2.75) is 78.6 Å². The molecule has 0 radical (unpaired) electrons. The minimum atomic E-state index is -0.686. The lowest BCUT2D eigenvalue weighted by Crippen LogP contribution is -2.41. The fourth-order valence-corrected chi connectivity index (χ4v) is 3.68. The van der Waals surface area contributed by atoms with Gasteiger partial charge in [0.1, 0.15) is 11.2 Å². The number of rotatable bonds is 4. The SMILES string of the molecule is CC(C)(C)OC(=O)N(Cc1cc2ccc(C#N)cc2n1C(=O)OC(C)(C)C)CC1CCC1. The van der Waals surface area contributed by atoms with Gasteiger partial charge in [-0.25, -0.2) is 14.2 Å². The summed E-state index contributed by atoms with van der Waals surface area (Å²) in [7, 11) is 0. The molecule has 0 aliphatic heterocycles. The van der Waals surface area contributed by atoms with Gasteiger partial charge in [-0.05, 0) is 78.5 Å². The molecule has 1 heterocycles. The van der Waals surface area contributed by atoms with Gasteiger partial charge in [0.05, 0.1) is 23.7 Å². The van der Waals surface area contributed by atoms with Crippen LogP contribution < -0.4 is 0 Å². The van der Waals surface area contributed by atoms with E-state index in [0.717, 1.165) is 18.2 Å². The van der Waals surface area contributed by atoms with Gasteiger partial charge in [0.25, 0.3) is 0 Å². The molecule has 0 unspecified atom stereocenters. The molecule has 0 saturated heterocycles. The third kappa shape index (κ3) is 5.82. The van der Waals surface area contributed by atoms with E-state index >= 15 is 0 Å². The predicted octanol–water partition coefficient (Wildman–Crippen LogP) is 5.83. The molecule has 0 N–H and O–H groups in total. The van der Waals surface area contributed by atoms with E-state index in [1.54, 1.807) is 37.8 Å². The van der Waals surface area contributed by atoms with E-state index in [4.69, 9.17) is 9.47 Å². The van der Waals surface area contributed by atoms with Crippen LogP contribution in [0.2, 0.25) is 0 Å². The van der Waals surface area contributed by atoms with E-state index < -0.39 is 23.4 Å². The number of nitriles is 1. The zero-order valence-corrected chi connectivity index (χ0v) is 19.9. The summed E-state index contributed by atoms with van der Waals surface area (Å²) >= 11 is 0. The molecule has 172 valence electrons. The summed E-state index contributed by atoms with van der Waals surface area (Å²) in [6, 6.07) is 9.19. The first-order valence-electron chi connectivity index (χ1n) is 11.1. The minimum Gasteiger partial charge on any atom is -0.444 e. The number of fused-ring (bicyclic) bond motifs is 1. The number of nitrogens with zero attached hydrogens (tertiary/aromatic N) is 3. The second kappa shape index (κ2) is 8.85. The van der Waals surface area contributed by atoms with Gasteiger partial charge in [-0.3, -0.25) is 0 Å². The van der Waals surface area contributed by atoms with E-state index in [-0.39, 0.29) is 6.54 Å². The van der Waals surface area contributed by atoms with E-state index in [1.165, 1.54) is 11.0 Å². The summed E-state index contributed by atoms with van der Waals surface area (Å²) < 4.78 is 12.8. The maximum Gasteiger partial charge on any atom is 0.419 e. The second-order valence-corrected chi connectivity index (χ2v) is 10.5. The molecule has 0 bridgehead atoms. The highest BCUT2D eigenvalue weighted by Crippen LogP contribution is 2.30. The summed E-state index contributed by atoms with van der Waals surface area (Å²) in [5.74, 6) is 0.437. The molecule has 7 nitrogen and oxygen atoms in total. The van der Waals surface area contributed by atoms with E-state index in [1.807, 2.05) is 32.9 Å². The van der Waals surface area contributed by atoms with Crippen LogP contribution in [-0.2, 0) is 16.0 Å². The third-order valence-corrected chi connectivity index (χ3v) is 5.29. The van der Waals surface area contributed by atoms with Crippen molar-refractivity contribution in [1.29, 1.82) is 5.26 Å². The van der Waals surface area contributed by atoms with Crippen LogP contribution in [0.5, 0.6) is 0 Å². The first-order valence-corrected chi connectivity index (χ1v) is 11.1. The number of benzene rings is 1. The summed E-state index contributed by atoms with van der Waals surface area (Å²) in [5, 5.41) is 10.1. The molecule has 1 aliphatic carbocycles. The normalized spacial score (nSPS) is 14.5. The highest BCUT2D eigenvalue weighted by atomic mass is 16.6. The molecule has 7 heteroatoms. The number of aromatic nitrogens is 1. The Morgan fingerprint density at radius 2 is 1.75 bits per heavy atom. The number of hydrogen-bond donors (Lipinski definition) is 0. The topological polar surface area (TPSA) is 84.6 Å². The zero-order chi connectivity index (χ0) is 23.7. The monoisotopic (exact) mass is 439 g/mol. The van der Waals surface area contributed by atoms with Crippen LogP contribution in [0, 0.1) is 17.2 Å². The van der Waals surface area contributed by atoms with Crippen LogP contribution in [0.3, 0.4) is 0 Å². The Labute approximate surface area is 189 Å². The van der Waals surface area contributed by atoms with Crippen LogP contribution in [0.25, 0.3) is 10.9 Å². The lowest BCUT2D eigenvalue weighted by atomic mass is 9.85. The molecule has 3 rings (SSSR count). The van der Waals surface area contributed by atoms with Crippen LogP contribution in [0.15, 0.2) is 24.3 Å². The van der Waals surface area contributed by atoms with Crippen molar-refractivity contribution in [2.24, 2.45) is 5.92 Å². The van der Waals surface area contributed by atoms with Gasteiger partial charge in [0, 0.05) is 17.6 Å². The molecule has 0 spiro atoms. The van der Waals surface area contributed by atoms with E-state index in [2.05, 4.69) is 6.07 Å². The number of carbonyl (C=O) groups excluding carboxylic acids is 2. The molecular weight excluding hydrogens is 406 g/mol. The van der Waals surface area contributed by atoms with Crippen molar-refractivity contribution in [3.8, 4) is 6.07 Å². The van der Waals surface area contributed by atoms with Crippen molar-refractivity contribution >= 4 is 23.1 Å². The van der Waals surface area contributed by atoms with Gasteiger partial charge in [-0.1, -0.05) is 12.5 Å². The Hall–Kier alpha value is -3.01. The van der Waals surface area contributed by atoms with Crippen LogP contribution in [-0.4, -0.2) is 39.4 Å². The lowest BCUT2D eigenvalue weighted by Gasteiger charge is -2.33. The maximum atomic E-state index is 13.1. The Bertz CT molecular complexity index is 1050. The Kier molecular flexibility index (Phi) is 6.54. The summed E-state index contributed by atoms with van der Waals surface area (Å²) in [6.07, 6.45) is 2.40. The maximum absolute atomic E-state index is 13.1. The van der Waals surface area contributed by atoms with Crippen molar-refractivity contribution in [3.63, 3.8) is 0 Å². The minimum absolute atomic E-state index is 0.210. The van der Waals surface area contributed by atoms with Gasteiger partial charge in [0.2, 0.25) is 0 Å². The van der Waals surface area contributed by atoms with Crippen LogP contribution in [0.4, 0.5) is 9.59 Å². The number of carbonyl (C=O) groups is 2. The second-order valence-electron chi connectivity index (χ2n) is 10.5. The van der Waals surface area contributed by atoms with E-state index in [9.17, 15) is 14.9 Å². The molecule has 1 aromatic carbocycles. The lowest BCUT2D eigenvalue weighted by molar-refractivity contribution is 0.0163. The fourth-order valence-electron chi connectivity index (χ4n) is 3.68. The molecule has 32 heavy (non-hydrogen) atoms. The van der Waals surface area contributed by atoms with Gasteiger partial charge in [0.15, 0.2) is 0 Å². The zero-order valence-electron chi connectivity index (χ0n) is 19.9. The molecule has 1 saturated carbocycles. The van der Waals surface area contributed by atoms with Gasteiger partial charge >= 0.3 is 12.2 Å². The van der Waals surface area contributed by atoms with Crippen molar-refractivity contribution < 1.29 is 19.1 Å². The average Bonchev–Trinajstić information content (AvgIpc) is 2.97. The first kappa shape index (κ1) is 23.6. The molecule has 1 amide bonds. The average molecular weight is 440 g/mol. The quantitative estimate of drug-likeness (QED) is 0.598. The number of ether oxygens (including phenoxy) is 2. The van der Waals surface area contributed by atoms with Gasteiger partial charge in [-0.2, -0.15) is 5.26 Å². The van der Waals surface area contributed by atoms with E-state index in [0.29, 0.717) is 29.2 Å². The predicted molar refractivity (Wildman–Crippen MR) is 122 cm³/mol. The molecule has 1 aromatic heterocycles. The fraction of sp³-hybridized carbons (Fsp3) is 0.560. The van der Waals surface area contributed by atoms with Crippen LogP contribution >= 0.6 is 0 Å². The Morgan fingerprint density at radius 3 is 2.28 bits per heavy atom. The smallest absolute Gasteiger partial charge is 0.419 e.